The van der Waals surface area contributed by atoms with Gasteiger partial charge in [-0.1, -0.05) is 15.9 Å². The molecular weight excluding hydrogens is 280 g/mol. The van der Waals surface area contributed by atoms with Crippen LogP contribution in [0.2, 0.25) is 0 Å². The van der Waals surface area contributed by atoms with E-state index in [1.54, 1.807) is 0 Å². The van der Waals surface area contributed by atoms with Crippen molar-refractivity contribution in [3.05, 3.63) is 27.7 Å². The number of amides is 1. The first-order valence-corrected chi connectivity index (χ1v) is 6.61. The van der Waals surface area contributed by atoms with Gasteiger partial charge in [0.1, 0.15) is 0 Å². The van der Waals surface area contributed by atoms with Crippen LogP contribution in [0.25, 0.3) is 0 Å². The van der Waals surface area contributed by atoms with Gasteiger partial charge in [0.2, 0.25) is 5.91 Å². The Balaban J connectivity index is 2.55. The van der Waals surface area contributed by atoms with Gasteiger partial charge in [0.05, 0.1) is 0 Å². The number of hydrogen-bond acceptors (Lipinski definition) is 2. The van der Waals surface area contributed by atoms with Gasteiger partial charge in [0.25, 0.3) is 0 Å². The van der Waals surface area contributed by atoms with E-state index in [-0.39, 0.29) is 5.91 Å². The fourth-order valence-corrected chi connectivity index (χ4v) is 2.46. The first kappa shape index (κ1) is 14.0. The molecule has 0 unspecified atom stereocenters. The smallest absolute Gasteiger partial charge is 0.221 e. The van der Waals surface area contributed by atoms with E-state index < -0.39 is 0 Å². The number of carbonyl (C=O) groups excluding carboxylic acids is 1. The number of anilines is 1. The summed E-state index contributed by atoms with van der Waals surface area (Å²) >= 11 is 3.47. The van der Waals surface area contributed by atoms with Gasteiger partial charge in [0.15, 0.2) is 0 Å². The molecule has 1 amide bonds. The minimum absolute atomic E-state index is 0.0902. The summed E-state index contributed by atoms with van der Waals surface area (Å²) in [5.74, 6) is 0.0902. The van der Waals surface area contributed by atoms with Crippen molar-refractivity contribution in [3.63, 3.8) is 0 Å². The molecule has 0 heterocycles. The predicted octanol–water partition coefficient (Wildman–Crippen LogP) is 3.00. The highest BCUT2D eigenvalue weighted by Gasteiger charge is 2.04. The van der Waals surface area contributed by atoms with E-state index >= 15 is 0 Å². The van der Waals surface area contributed by atoms with Crippen LogP contribution in [0.5, 0.6) is 0 Å². The van der Waals surface area contributed by atoms with Gasteiger partial charge in [0, 0.05) is 29.7 Å². The van der Waals surface area contributed by atoms with Crippen molar-refractivity contribution < 1.29 is 4.79 Å². The maximum absolute atomic E-state index is 11.3. The van der Waals surface area contributed by atoms with E-state index in [0.717, 1.165) is 10.2 Å². The molecule has 0 fully saturated rings. The minimum atomic E-state index is 0.0902. The van der Waals surface area contributed by atoms with Crippen LogP contribution in [0.1, 0.15) is 24.5 Å². The average Bonchev–Trinajstić information content (AvgIpc) is 2.22. The van der Waals surface area contributed by atoms with Gasteiger partial charge in [-0.3, -0.25) is 4.79 Å². The SMILES string of the molecule is CCNC(=O)CCNc1c(C)cc(Br)cc1C. The Bertz CT molecular complexity index is 381. The molecule has 0 aliphatic carbocycles. The van der Waals surface area contributed by atoms with E-state index in [4.69, 9.17) is 0 Å². The van der Waals surface area contributed by atoms with E-state index in [1.807, 2.05) is 6.92 Å². The Morgan fingerprint density at radius 3 is 2.41 bits per heavy atom. The fraction of sp³-hybridized carbons (Fsp3) is 0.462. The molecule has 0 atom stereocenters. The first-order valence-electron chi connectivity index (χ1n) is 5.82. The van der Waals surface area contributed by atoms with Crippen LogP contribution in [-0.2, 0) is 4.79 Å². The third-order valence-electron chi connectivity index (χ3n) is 2.53. The van der Waals surface area contributed by atoms with Crippen LogP contribution < -0.4 is 10.6 Å². The average molecular weight is 299 g/mol. The molecule has 0 aliphatic rings. The van der Waals surface area contributed by atoms with Crippen molar-refractivity contribution in [2.75, 3.05) is 18.4 Å². The van der Waals surface area contributed by atoms with E-state index in [0.29, 0.717) is 19.5 Å². The molecule has 3 nitrogen and oxygen atoms in total. The number of benzene rings is 1. The first-order chi connectivity index (χ1) is 8.04. The summed E-state index contributed by atoms with van der Waals surface area (Å²) in [6.07, 6.45) is 0.503. The van der Waals surface area contributed by atoms with Gasteiger partial charge in [-0.25, -0.2) is 0 Å². The maximum atomic E-state index is 11.3. The minimum Gasteiger partial charge on any atom is -0.384 e. The molecule has 0 saturated carbocycles. The molecule has 0 aromatic heterocycles. The van der Waals surface area contributed by atoms with Gasteiger partial charge in [-0.2, -0.15) is 0 Å². The highest BCUT2D eigenvalue weighted by atomic mass is 79.9. The lowest BCUT2D eigenvalue weighted by atomic mass is 10.1. The Morgan fingerprint density at radius 2 is 1.88 bits per heavy atom. The number of nitrogens with one attached hydrogen (secondary N) is 2. The Hall–Kier alpha value is -1.03. The topological polar surface area (TPSA) is 41.1 Å². The van der Waals surface area contributed by atoms with E-state index in [1.165, 1.54) is 11.1 Å². The largest absolute Gasteiger partial charge is 0.384 e. The van der Waals surface area contributed by atoms with Crippen molar-refractivity contribution in [3.8, 4) is 0 Å². The second-order valence-electron chi connectivity index (χ2n) is 4.04. The lowest BCUT2D eigenvalue weighted by molar-refractivity contribution is -0.120. The molecule has 0 saturated heterocycles. The predicted molar refractivity (Wildman–Crippen MR) is 75.4 cm³/mol. The molecule has 0 radical (unpaired) electrons. The second kappa shape index (κ2) is 6.64. The van der Waals surface area contributed by atoms with Crippen LogP contribution in [0.4, 0.5) is 5.69 Å². The zero-order valence-electron chi connectivity index (χ0n) is 10.6. The third-order valence-corrected chi connectivity index (χ3v) is 2.98. The fourth-order valence-electron chi connectivity index (χ4n) is 1.78. The summed E-state index contributed by atoms with van der Waals surface area (Å²) in [4.78, 5) is 11.3. The van der Waals surface area contributed by atoms with Crippen molar-refractivity contribution in [1.29, 1.82) is 0 Å². The zero-order chi connectivity index (χ0) is 12.8. The Morgan fingerprint density at radius 1 is 1.29 bits per heavy atom. The lowest BCUT2D eigenvalue weighted by Crippen LogP contribution is -2.24. The lowest BCUT2D eigenvalue weighted by Gasteiger charge is -2.13. The molecule has 0 spiro atoms. The van der Waals surface area contributed by atoms with Gasteiger partial charge >= 0.3 is 0 Å². The van der Waals surface area contributed by atoms with Crippen LogP contribution in [0.15, 0.2) is 16.6 Å². The highest BCUT2D eigenvalue weighted by Crippen LogP contribution is 2.24. The van der Waals surface area contributed by atoms with Crippen LogP contribution >= 0.6 is 15.9 Å². The van der Waals surface area contributed by atoms with E-state index in [9.17, 15) is 4.79 Å². The normalized spacial score (nSPS) is 10.1. The van der Waals surface area contributed by atoms with E-state index in [2.05, 4.69) is 52.5 Å². The third kappa shape index (κ3) is 4.38. The molecular formula is C13H19BrN2O. The monoisotopic (exact) mass is 298 g/mol. The number of carbonyl (C=O) groups is 1. The number of halogens is 1. The van der Waals surface area contributed by atoms with Gasteiger partial charge in [-0.05, 0) is 44.0 Å². The Kier molecular flexibility index (Phi) is 5.48. The van der Waals surface area contributed by atoms with Crippen LogP contribution in [0, 0.1) is 13.8 Å². The van der Waals surface area contributed by atoms with Crippen LogP contribution in [0.3, 0.4) is 0 Å². The molecule has 1 aromatic rings. The van der Waals surface area contributed by atoms with Crippen molar-refractivity contribution in [2.45, 2.75) is 27.2 Å². The molecule has 1 rings (SSSR count). The molecule has 2 N–H and O–H groups in total. The van der Waals surface area contributed by atoms with Crippen molar-refractivity contribution in [1.82, 2.24) is 5.32 Å². The molecule has 94 valence electrons. The molecule has 4 heteroatoms. The number of aryl methyl sites for hydroxylation is 2. The number of hydrogen-bond donors (Lipinski definition) is 2. The summed E-state index contributed by atoms with van der Waals surface area (Å²) in [5, 5.41) is 6.10. The maximum Gasteiger partial charge on any atom is 0.221 e. The van der Waals surface area contributed by atoms with Crippen LogP contribution in [-0.4, -0.2) is 19.0 Å². The molecule has 0 bridgehead atoms. The van der Waals surface area contributed by atoms with Gasteiger partial charge < -0.3 is 10.6 Å². The number of rotatable bonds is 5. The quantitative estimate of drug-likeness (QED) is 0.877. The van der Waals surface area contributed by atoms with Crippen molar-refractivity contribution >= 4 is 27.5 Å². The highest BCUT2D eigenvalue weighted by molar-refractivity contribution is 9.10. The second-order valence-corrected chi connectivity index (χ2v) is 4.96. The molecule has 1 aromatic carbocycles. The summed E-state index contributed by atoms with van der Waals surface area (Å²) in [6.45, 7) is 7.40. The standard InChI is InChI=1S/C13H19BrN2O/c1-4-15-12(17)5-6-16-13-9(2)7-11(14)8-10(13)3/h7-8,16H,4-6H2,1-3H3,(H,15,17). The van der Waals surface area contributed by atoms with Crippen molar-refractivity contribution in [2.24, 2.45) is 0 Å². The summed E-state index contributed by atoms with van der Waals surface area (Å²) in [5.41, 5.74) is 3.50. The summed E-state index contributed by atoms with van der Waals surface area (Å²) in [7, 11) is 0. The van der Waals surface area contributed by atoms with Gasteiger partial charge in [-0.15, -0.1) is 0 Å². The summed E-state index contributed by atoms with van der Waals surface area (Å²) < 4.78 is 1.08. The Labute approximate surface area is 111 Å². The molecule has 0 aliphatic heterocycles. The molecule has 17 heavy (non-hydrogen) atoms. The summed E-state index contributed by atoms with van der Waals surface area (Å²) in [6, 6.07) is 4.14. The zero-order valence-corrected chi connectivity index (χ0v) is 12.1.